The topological polar surface area (TPSA) is 23.5 Å². The molecule has 3 rings (SSSR count). The van der Waals surface area contributed by atoms with E-state index in [1.54, 1.807) is 0 Å². The van der Waals surface area contributed by atoms with Gasteiger partial charge in [-0.2, -0.15) is 0 Å². The number of benzene rings is 2. The predicted octanol–water partition coefficient (Wildman–Crippen LogP) is 3.99. The van der Waals surface area contributed by atoms with Gasteiger partial charge in [-0.15, -0.1) is 0 Å². The van der Waals surface area contributed by atoms with Crippen LogP contribution in [0.15, 0.2) is 42.5 Å². The maximum Gasteiger partial charge on any atom is 0.0917 e. The van der Waals surface area contributed by atoms with Gasteiger partial charge in [-0.3, -0.25) is 4.90 Å². The molecule has 2 aromatic rings. The minimum Gasteiger partial charge on any atom is -0.387 e. The van der Waals surface area contributed by atoms with Gasteiger partial charge in [0.2, 0.25) is 0 Å². The van der Waals surface area contributed by atoms with E-state index in [2.05, 4.69) is 55.1 Å². The molecule has 2 aromatic carbocycles. The Morgan fingerprint density at radius 2 is 1.81 bits per heavy atom. The highest BCUT2D eigenvalue weighted by molar-refractivity contribution is 5.83. The first-order chi connectivity index (χ1) is 10.1. The second-order valence-electron chi connectivity index (χ2n) is 6.61. The van der Waals surface area contributed by atoms with Gasteiger partial charge in [-0.25, -0.2) is 0 Å². The van der Waals surface area contributed by atoms with E-state index in [-0.39, 0.29) is 0 Å². The molecular weight excluding hydrogens is 258 g/mol. The van der Waals surface area contributed by atoms with Crippen molar-refractivity contribution in [3.05, 3.63) is 48.0 Å². The second kappa shape index (κ2) is 6.17. The summed E-state index contributed by atoms with van der Waals surface area (Å²) >= 11 is 0. The van der Waals surface area contributed by atoms with Gasteiger partial charge in [-0.1, -0.05) is 36.4 Å². The lowest BCUT2D eigenvalue weighted by Gasteiger charge is -2.29. The molecule has 21 heavy (non-hydrogen) atoms. The highest BCUT2D eigenvalue weighted by atomic mass is 16.3. The summed E-state index contributed by atoms with van der Waals surface area (Å²) in [5.74, 6) is 0.858. The molecule has 1 aliphatic carbocycles. The van der Waals surface area contributed by atoms with E-state index in [1.165, 1.54) is 23.6 Å². The van der Waals surface area contributed by atoms with Gasteiger partial charge in [0, 0.05) is 19.1 Å². The quantitative estimate of drug-likeness (QED) is 0.866. The van der Waals surface area contributed by atoms with Crippen LogP contribution in [0.2, 0.25) is 0 Å². The van der Waals surface area contributed by atoms with Crippen LogP contribution in [-0.2, 0) is 0 Å². The van der Waals surface area contributed by atoms with Crippen molar-refractivity contribution in [2.45, 2.75) is 38.8 Å². The summed E-state index contributed by atoms with van der Waals surface area (Å²) in [5.41, 5.74) is 1.02. The molecule has 112 valence electrons. The van der Waals surface area contributed by atoms with E-state index >= 15 is 0 Å². The van der Waals surface area contributed by atoms with E-state index < -0.39 is 6.10 Å². The molecule has 0 spiro atoms. The van der Waals surface area contributed by atoms with Gasteiger partial charge in [-0.05, 0) is 55.0 Å². The zero-order valence-corrected chi connectivity index (χ0v) is 13.0. The lowest BCUT2D eigenvalue weighted by Crippen LogP contribution is -2.36. The molecule has 0 amide bonds. The third kappa shape index (κ3) is 3.63. The SMILES string of the molecule is CC(C)N(CC1CC1)CC(O)c1ccc2ccccc2c1. The Morgan fingerprint density at radius 3 is 2.48 bits per heavy atom. The highest BCUT2D eigenvalue weighted by Crippen LogP contribution is 2.31. The summed E-state index contributed by atoms with van der Waals surface area (Å²) in [7, 11) is 0. The van der Waals surface area contributed by atoms with Gasteiger partial charge in [0.15, 0.2) is 0 Å². The van der Waals surface area contributed by atoms with Crippen molar-refractivity contribution in [3.8, 4) is 0 Å². The molecule has 0 heterocycles. The monoisotopic (exact) mass is 283 g/mol. The van der Waals surface area contributed by atoms with E-state index in [9.17, 15) is 5.11 Å². The lowest BCUT2D eigenvalue weighted by atomic mass is 10.0. The Morgan fingerprint density at radius 1 is 1.10 bits per heavy atom. The van der Waals surface area contributed by atoms with Crippen molar-refractivity contribution in [2.24, 2.45) is 5.92 Å². The van der Waals surface area contributed by atoms with Crippen molar-refractivity contribution in [2.75, 3.05) is 13.1 Å². The summed E-state index contributed by atoms with van der Waals surface area (Å²) in [6.07, 6.45) is 2.31. The number of hydrogen-bond acceptors (Lipinski definition) is 2. The first-order valence-corrected chi connectivity index (χ1v) is 8.04. The van der Waals surface area contributed by atoms with Crippen molar-refractivity contribution in [3.63, 3.8) is 0 Å². The van der Waals surface area contributed by atoms with Crippen molar-refractivity contribution in [1.29, 1.82) is 0 Å². The molecule has 1 aliphatic rings. The van der Waals surface area contributed by atoms with Crippen LogP contribution in [0.1, 0.15) is 38.4 Å². The molecule has 1 fully saturated rings. The number of rotatable bonds is 6. The van der Waals surface area contributed by atoms with E-state index in [0.717, 1.165) is 24.6 Å². The molecule has 2 nitrogen and oxygen atoms in total. The Bertz CT molecular complexity index is 603. The summed E-state index contributed by atoms with van der Waals surface area (Å²) in [6, 6.07) is 15.1. The van der Waals surface area contributed by atoms with Crippen LogP contribution < -0.4 is 0 Å². The molecule has 0 radical (unpaired) electrons. The van der Waals surface area contributed by atoms with Crippen LogP contribution in [0, 0.1) is 5.92 Å². The molecule has 1 N–H and O–H groups in total. The maximum atomic E-state index is 10.6. The second-order valence-corrected chi connectivity index (χ2v) is 6.61. The summed E-state index contributed by atoms with van der Waals surface area (Å²) in [6.45, 7) is 6.29. The molecule has 2 heteroatoms. The zero-order chi connectivity index (χ0) is 14.8. The predicted molar refractivity (Wildman–Crippen MR) is 88.3 cm³/mol. The smallest absolute Gasteiger partial charge is 0.0917 e. The lowest BCUT2D eigenvalue weighted by molar-refractivity contribution is 0.0924. The summed E-state index contributed by atoms with van der Waals surface area (Å²) in [4.78, 5) is 2.41. The van der Waals surface area contributed by atoms with Gasteiger partial charge in [0.1, 0.15) is 0 Å². The standard InChI is InChI=1S/C19H25NO/c1-14(2)20(12-15-7-8-15)13-19(21)18-10-9-16-5-3-4-6-17(16)11-18/h3-6,9-11,14-15,19,21H,7-8,12-13H2,1-2H3. The fourth-order valence-electron chi connectivity index (χ4n) is 2.87. The Balaban J connectivity index is 1.73. The molecule has 1 saturated carbocycles. The summed E-state index contributed by atoms with van der Waals surface area (Å²) in [5, 5.41) is 13.0. The first kappa shape index (κ1) is 14.6. The minimum atomic E-state index is -0.407. The van der Waals surface area contributed by atoms with Crippen LogP contribution >= 0.6 is 0 Å². The van der Waals surface area contributed by atoms with Crippen LogP contribution in [-0.4, -0.2) is 29.1 Å². The van der Waals surface area contributed by atoms with E-state index in [0.29, 0.717) is 6.04 Å². The zero-order valence-electron chi connectivity index (χ0n) is 13.0. The van der Waals surface area contributed by atoms with E-state index in [1.807, 2.05) is 6.07 Å². The number of fused-ring (bicyclic) bond motifs is 1. The van der Waals surface area contributed by atoms with E-state index in [4.69, 9.17) is 0 Å². The van der Waals surface area contributed by atoms with Gasteiger partial charge < -0.3 is 5.11 Å². The van der Waals surface area contributed by atoms with Crippen LogP contribution in [0.5, 0.6) is 0 Å². The normalized spacial score (nSPS) is 16.8. The molecular formula is C19H25NO. The Hall–Kier alpha value is -1.38. The molecule has 1 unspecified atom stereocenters. The molecule has 0 aromatic heterocycles. The van der Waals surface area contributed by atoms with Gasteiger partial charge in [0.05, 0.1) is 6.10 Å². The number of aliphatic hydroxyl groups excluding tert-OH is 1. The van der Waals surface area contributed by atoms with Crippen LogP contribution in [0.25, 0.3) is 10.8 Å². The average Bonchev–Trinajstić information content (AvgIpc) is 3.30. The van der Waals surface area contributed by atoms with Crippen molar-refractivity contribution >= 4 is 10.8 Å². The summed E-state index contributed by atoms with van der Waals surface area (Å²) < 4.78 is 0. The number of hydrogen-bond donors (Lipinski definition) is 1. The van der Waals surface area contributed by atoms with Gasteiger partial charge in [0.25, 0.3) is 0 Å². The van der Waals surface area contributed by atoms with Gasteiger partial charge >= 0.3 is 0 Å². The molecule has 0 bridgehead atoms. The largest absolute Gasteiger partial charge is 0.387 e. The molecule has 1 atom stereocenters. The fourth-order valence-corrected chi connectivity index (χ4v) is 2.87. The van der Waals surface area contributed by atoms with Crippen LogP contribution in [0.3, 0.4) is 0 Å². The highest BCUT2D eigenvalue weighted by Gasteiger charge is 2.26. The van der Waals surface area contributed by atoms with Crippen LogP contribution in [0.4, 0.5) is 0 Å². The Kier molecular flexibility index (Phi) is 4.27. The Labute approximate surface area is 127 Å². The fraction of sp³-hybridized carbons (Fsp3) is 0.474. The minimum absolute atomic E-state index is 0.407. The maximum absolute atomic E-state index is 10.6. The number of aliphatic hydroxyl groups is 1. The molecule has 0 aliphatic heterocycles. The first-order valence-electron chi connectivity index (χ1n) is 8.04. The third-order valence-corrected chi connectivity index (χ3v) is 4.49. The average molecular weight is 283 g/mol. The number of nitrogens with zero attached hydrogens (tertiary/aromatic N) is 1. The van der Waals surface area contributed by atoms with Crippen molar-refractivity contribution < 1.29 is 5.11 Å². The van der Waals surface area contributed by atoms with Crippen molar-refractivity contribution in [1.82, 2.24) is 4.90 Å². The third-order valence-electron chi connectivity index (χ3n) is 4.49. The molecule has 0 saturated heterocycles.